The van der Waals surface area contributed by atoms with Crippen LogP contribution in [0.3, 0.4) is 0 Å². The molecule has 1 N–H and O–H groups in total. The van der Waals surface area contributed by atoms with E-state index in [1.807, 2.05) is 91.0 Å². The standard InChI is InChI=1S/C28H34O4/c1-2-27(31-21-24-14-8-4-9-15-24)28(32-22-25-16-10-5-11-17-25)26(29)18-19-30-20-23-12-6-3-7-13-23/h3-17,26-29H,2,18-22H2,1H3/t26-,27?,28?/m0/s1. The molecule has 32 heavy (non-hydrogen) atoms. The molecule has 0 bridgehead atoms. The monoisotopic (exact) mass is 434 g/mol. The summed E-state index contributed by atoms with van der Waals surface area (Å²) in [6.07, 6.45) is -0.117. The molecule has 170 valence electrons. The molecular weight excluding hydrogens is 400 g/mol. The third-order valence-electron chi connectivity index (χ3n) is 5.41. The summed E-state index contributed by atoms with van der Waals surface area (Å²) in [5.41, 5.74) is 3.30. The van der Waals surface area contributed by atoms with Gasteiger partial charge in [-0.3, -0.25) is 0 Å². The average molecular weight is 435 g/mol. The number of benzene rings is 3. The lowest BCUT2D eigenvalue weighted by molar-refractivity contribution is -0.137. The Morgan fingerprint density at radius 3 is 1.62 bits per heavy atom. The van der Waals surface area contributed by atoms with Crippen molar-refractivity contribution in [2.24, 2.45) is 0 Å². The van der Waals surface area contributed by atoms with E-state index < -0.39 is 12.2 Å². The number of aliphatic hydroxyl groups is 1. The van der Waals surface area contributed by atoms with Gasteiger partial charge in [0.2, 0.25) is 0 Å². The minimum atomic E-state index is -0.685. The summed E-state index contributed by atoms with van der Waals surface area (Å²) >= 11 is 0. The van der Waals surface area contributed by atoms with Crippen LogP contribution in [0.25, 0.3) is 0 Å². The summed E-state index contributed by atoms with van der Waals surface area (Å²) in [4.78, 5) is 0. The highest BCUT2D eigenvalue weighted by Gasteiger charge is 2.29. The Morgan fingerprint density at radius 1 is 0.656 bits per heavy atom. The molecule has 3 aromatic carbocycles. The van der Waals surface area contributed by atoms with Gasteiger partial charge in [-0.25, -0.2) is 0 Å². The number of hydrogen-bond acceptors (Lipinski definition) is 4. The van der Waals surface area contributed by atoms with E-state index in [9.17, 15) is 5.11 Å². The minimum absolute atomic E-state index is 0.219. The fraction of sp³-hybridized carbons (Fsp3) is 0.357. The van der Waals surface area contributed by atoms with Gasteiger partial charge in [0.1, 0.15) is 6.10 Å². The van der Waals surface area contributed by atoms with Gasteiger partial charge in [0.25, 0.3) is 0 Å². The molecule has 3 aromatic rings. The first kappa shape index (κ1) is 24.1. The van der Waals surface area contributed by atoms with Gasteiger partial charge in [0.05, 0.1) is 32.0 Å². The number of aliphatic hydroxyl groups excluding tert-OH is 1. The first-order valence-corrected chi connectivity index (χ1v) is 11.4. The maximum absolute atomic E-state index is 11.0. The number of hydrogen-bond donors (Lipinski definition) is 1. The van der Waals surface area contributed by atoms with Crippen LogP contribution in [0.2, 0.25) is 0 Å². The van der Waals surface area contributed by atoms with Crippen molar-refractivity contribution in [2.45, 2.75) is 57.9 Å². The first-order valence-electron chi connectivity index (χ1n) is 11.4. The molecule has 0 aromatic heterocycles. The molecule has 0 saturated heterocycles. The van der Waals surface area contributed by atoms with Gasteiger partial charge in [-0.05, 0) is 29.5 Å². The first-order chi connectivity index (χ1) is 15.8. The Balaban J connectivity index is 1.57. The van der Waals surface area contributed by atoms with Gasteiger partial charge in [0.15, 0.2) is 0 Å². The van der Waals surface area contributed by atoms with Gasteiger partial charge in [-0.1, -0.05) is 97.9 Å². The lowest BCUT2D eigenvalue weighted by atomic mass is 10.0. The second-order valence-electron chi connectivity index (χ2n) is 7.90. The molecule has 0 fully saturated rings. The molecule has 0 radical (unpaired) electrons. The Morgan fingerprint density at radius 2 is 1.12 bits per heavy atom. The lowest BCUT2D eigenvalue weighted by Crippen LogP contribution is -2.41. The predicted octanol–water partition coefficient (Wildman–Crippen LogP) is 5.54. The summed E-state index contributed by atoms with van der Waals surface area (Å²) in [6.45, 7) is 3.97. The molecule has 3 atom stereocenters. The summed E-state index contributed by atoms with van der Waals surface area (Å²) in [7, 11) is 0. The largest absolute Gasteiger partial charge is 0.390 e. The van der Waals surface area contributed by atoms with E-state index in [0.29, 0.717) is 32.8 Å². The van der Waals surface area contributed by atoms with Crippen LogP contribution in [-0.2, 0) is 34.0 Å². The Bertz CT molecular complexity index is 854. The fourth-order valence-electron chi connectivity index (χ4n) is 3.59. The maximum atomic E-state index is 11.0. The fourth-order valence-corrected chi connectivity index (χ4v) is 3.59. The molecule has 0 saturated carbocycles. The van der Waals surface area contributed by atoms with E-state index in [-0.39, 0.29) is 6.10 Å². The topological polar surface area (TPSA) is 47.9 Å². The average Bonchev–Trinajstić information content (AvgIpc) is 2.85. The summed E-state index contributed by atoms with van der Waals surface area (Å²) < 4.78 is 18.2. The lowest BCUT2D eigenvalue weighted by Gasteiger charge is -2.30. The molecule has 3 rings (SSSR count). The Hall–Kier alpha value is -2.50. The summed E-state index contributed by atoms with van der Waals surface area (Å²) in [5, 5.41) is 11.0. The van der Waals surface area contributed by atoms with E-state index in [2.05, 4.69) is 6.92 Å². The smallest absolute Gasteiger partial charge is 0.110 e. The van der Waals surface area contributed by atoms with Crippen LogP contribution in [-0.4, -0.2) is 30.0 Å². The molecule has 2 unspecified atom stereocenters. The zero-order valence-corrected chi connectivity index (χ0v) is 18.8. The van der Waals surface area contributed by atoms with E-state index in [1.54, 1.807) is 0 Å². The molecule has 4 heteroatoms. The molecular formula is C28H34O4. The van der Waals surface area contributed by atoms with Crippen molar-refractivity contribution in [3.8, 4) is 0 Å². The van der Waals surface area contributed by atoms with Crippen LogP contribution in [0, 0.1) is 0 Å². The Kier molecular flexibility index (Phi) is 10.4. The molecule has 0 aliphatic carbocycles. The van der Waals surface area contributed by atoms with Crippen LogP contribution in [0.1, 0.15) is 36.5 Å². The third-order valence-corrected chi connectivity index (χ3v) is 5.41. The predicted molar refractivity (Wildman–Crippen MR) is 127 cm³/mol. The van der Waals surface area contributed by atoms with Crippen molar-refractivity contribution in [2.75, 3.05) is 6.61 Å². The zero-order chi connectivity index (χ0) is 22.4. The van der Waals surface area contributed by atoms with E-state index in [0.717, 1.165) is 23.1 Å². The molecule has 0 aliphatic heterocycles. The van der Waals surface area contributed by atoms with Crippen molar-refractivity contribution < 1.29 is 19.3 Å². The SMILES string of the molecule is CCC(OCc1ccccc1)C(OCc1ccccc1)[C@@H](O)CCOCc1ccccc1. The summed E-state index contributed by atoms with van der Waals surface area (Å²) in [5.74, 6) is 0. The second kappa shape index (κ2) is 13.8. The molecule has 0 amide bonds. The molecule has 0 spiro atoms. The van der Waals surface area contributed by atoms with Crippen LogP contribution in [0.4, 0.5) is 0 Å². The van der Waals surface area contributed by atoms with Gasteiger partial charge < -0.3 is 19.3 Å². The normalized spacial score (nSPS) is 14.1. The zero-order valence-electron chi connectivity index (χ0n) is 18.8. The maximum Gasteiger partial charge on any atom is 0.110 e. The minimum Gasteiger partial charge on any atom is -0.390 e. The van der Waals surface area contributed by atoms with Crippen molar-refractivity contribution in [1.29, 1.82) is 0 Å². The van der Waals surface area contributed by atoms with E-state index in [4.69, 9.17) is 14.2 Å². The highest BCUT2D eigenvalue weighted by molar-refractivity contribution is 5.15. The number of ether oxygens (including phenoxy) is 3. The van der Waals surface area contributed by atoms with Crippen molar-refractivity contribution in [1.82, 2.24) is 0 Å². The third kappa shape index (κ3) is 8.21. The van der Waals surface area contributed by atoms with Gasteiger partial charge in [-0.2, -0.15) is 0 Å². The van der Waals surface area contributed by atoms with Crippen LogP contribution >= 0.6 is 0 Å². The highest BCUT2D eigenvalue weighted by atomic mass is 16.5. The van der Waals surface area contributed by atoms with Gasteiger partial charge in [0, 0.05) is 6.61 Å². The van der Waals surface area contributed by atoms with Crippen molar-refractivity contribution in [3.05, 3.63) is 108 Å². The van der Waals surface area contributed by atoms with Crippen LogP contribution in [0.5, 0.6) is 0 Å². The quantitative estimate of drug-likeness (QED) is 0.339. The molecule has 0 heterocycles. The highest BCUT2D eigenvalue weighted by Crippen LogP contribution is 2.19. The molecule has 0 aliphatic rings. The van der Waals surface area contributed by atoms with E-state index in [1.165, 1.54) is 0 Å². The number of rotatable bonds is 14. The van der Waals surface area contributed by atoms with Crippen LogP contribution < -0.4 is 0 Å². The van der Waals surface area contributed by atoms with Gasteiger partial charge >= 0.3 is 0 Å². The van der Waals surface area contributed by atoms with Crippen LogP contribution in [0.15, 0.2) is 91.0 Å². The van der Waals surface area contributed by atoms with E-state index >= 15 is 0 Å². The van der Waals surface area contributed by atoms with Crippen molar-refractivity contribution in [3.63, 3.8) is 0 Å². The summed E-state index contributed by atoms with van der Waals surface area (Å²) in [6, 6.07) is 30.1. The molecule has 4 nitrogen and oxygen atoms in total. The Labute approximate surface area is 191 Å². The second-order valence-corrected chi connectivity index (χ2v) is 7.90. The van der Waals surface area contributed by atoms with Gasteiger partial charge in [-0.15, -0.1) is 0 Å². The van der Waals surface area contributed by atoms with Crippen molar-refractivity contribution >= 4 is 0 Å².